The van der Waals surface area contributed by atoms with Crippen molar-refractivity contribution >= 4 is 12.0 Å². The lowest BCUT2D eigenvalue weighted by Gasteiger charge is -2.12. The van der Waals surface area contributed by atoms with Gasteiger partial charge in [-0.15, -0.1) is 0 Å². The Balaban J connectivity index is 2.08. The van der Waals surface area contributed by atoms with E-state index in [1.54, 1.807) is 50.8 Å². The summed E-state index contributed by atoms with van der Waals surface area (Å²) in [5, 5.41) is 0. The van der Waals surface area contributed by atoms with E-state index >= 15 is 0 Å². The molecule has 24 heavy (non-hydrogen) atoms. The Morgan fingerprint density at radius 1 is 1.04 bits per heavy atom. The van der Waals surface area contributed by atoms with Crippen LogP contribution in [0.4, 0.5) is 0 Å². The summed E-state index contributed by atoms with van der Waals surface area (Å²) in [4.78, 5) is 15.9. The molecule has 0 bridgehead atoms. The van der Waals surface area contributed by atoms with Gasteiger partial charge in [-0.25, -0.2) is 4.79 Å². The van der Waals surface area contributed by atoms with E-state index < -0.39 is 5.97 Å². The van der Waals surface area contributed by atoms with Crippen molar-refractivity contribution in [3.63, 3.8) is 0 Å². The Kier molecular flexibility index (Phi) is 6.19. The Labute approximate surface area is 140 Å². The quantitative estimate of drug-likeness (QED) is 0.575. The van der Waals surface area contributed by atoms with Gasteiger partial charge < -0.3 is 18.9 Å². The lowest BCUT2D eigenvalue weighted by molar-refractivity contribution is -0.139. The van der Waals surface area contributed by atoms with Crippen LogP contribution in [-0.2, 0) is 16.1 Å². The van der Waals surface area contributed by atoms with Crippen molar-refractivity contribution in [3.8, 4) is 17.2 Å². The Morgan fingerprint density at radius 2 is 1.75 bits per heavy atom. The lowest BCUT2D eigenvalue weighted by atomic mass is 10.1. The van der Waals surface area contributed by atoms with E-state index in [4.69, 9.17) is 18.9 Å². The van der Waals surface area contributed by atoms with E-state index in [1.165, 1.54) is 13.2 Å². The van der Waals surface area contributed by atoms with Crippen LogP contribution in [-0.4, -0.2) is 32.3 Å². The summed E-state index contributed by atoms with van der Waals surface area (Å²) in [5.41, 5.74) is 1.35. The number of hydrogen-bond acceptors (Lipinski definition) is 6. The highest BCUT2D eigenvalue weighted by Gasteiger charge is 2.10. The van der Waals surface area contributed by atoms with Crippen molar-refractivity contribution < 1.29 is 23.7 Å². The molecule has 6 nitrogen and oxygen atoms in total. The van der Waals surface area contributed by atoms with Crippen LogP contribution in [0.2, 0.25) is 0 Å². The van der Waals surface area contributed by atoms with Crippen LogP contribution < -0.4 is 14.2 Å². The first-order valence-corrected chi connectivity index (χ1v) is 7.22. The molecule has 0 aliphatic heterocycles. The van der Waals surface area contributed by atoms with Crippen LogP contribution in [0, 0.1) is 0 Å². The minimum atomic E-state index is -0.475. The summed E-state index contributed by atoms with van der Waals surface area (Å²) in [5.74, 6) is 1.17. The summed E-state index contributed by atoms with van der Waals surface area (Å²) in [6.45, 7) is 0.118. The molecule has 0 radical (unpaired) electrons. The number of benzene rings is 1. The van der Waals surface area contributed by atoms with Crippen molar-refractivity contribution in [3.05, 3.63) is 53.9 Å². The third kappa shape index (κ3) is 4.49. The number of aromatic nitrogens is 1. The van der Waals surface area contributed by atoms with Gasteiger partial charge in [0.15, 0.2) is 11.5 Å². The Hall–Kier alpha value is -3.02. The zero-order valence-electron chi connectivity index (χ0n) is 13.8. The molecule has 1 heterocycles. The number of rotatable bonds is 7. The van der Waals surface area contributed by atoms with E-state index in [9.17, 15) is 4.79 Å². The molecule has 0 atom stereocenters. The second kappa shape index (κ2) is 8.57. The highest BCUT2D eigenvalue weighted by molar-refractivity contribution is 5.87. The molecule has 0 aliphatic carbocycles. The predicted octanol–water partition coefficient (Wildman–Crippen LogP) is 2.86. The fourth-order valence-electron chi connectivity index (χ4n) is 2.02. The summed E-state index contributed by atoms with van der Waals surface area (Å²) in [6.07, 6.45) is 4.57. The summed E-state index contributed by atoms with van der Waals surface area (Å²) >= 11 is 0. The number of nitrogens with zero attached hydrogens (tertiary/aromatic N) is 1. The van der Waals surface area contributed by atoms with Crippen LogP contribution >= 0.6 is 0 Å². The highest BCUT2D eigenvalue weighted by Crippen LogP contribution is 2.35. The maximum absolute atomic E-state index is 11.8. The third-order valence-electron chi connectivity index (χ3n) is 3.22. The SMILES string of the molecule is COc1cc(OC)c(OC)cc1/C=C/C(=O)OCc1ccccn1. The molecule has 1 aromatic carbocycles. The number of ether oxygens (including phenoxy) is 4. The van der Waals surface area contributed by atoms with Gasteiger partial charge in [0.1, 0.15) is 12.4 Å². The molecule has 0 fully saturated rings. The number of carbonyl (C=O) groups is 1. The minimum absolute atomic E-state index is 0.118. The zero-order valence-corrected chi connectivity index (χ0v) is 13.8. The highest BCUT2D eigenvalue weighted by atomic mass is 16.5. The van der Waals surface area contributed by atoms with Gasteiger partial charge in [0.2, 0.25) is 0 Å². The minimum Gasteiger partial charge on any atom is -0.496 e. The largest absolute Gasteiger partial charge is 0.496 e. The predicted molar refractivity (Wildman–Crippen MR) is 89.2 cm³/mol. The number of esters is 1. The average Bonchev–Trinajstić information content (AvgIpc) is 2.64. The molecular formula is C18H19NO5. The lowest BCUT2D eigenvalue weighted by Crippen LogP contribution is -2.02. The second-order valence-corrected chi connectivity index (χ2v) is 4.71. The molecule has 2 aromatic rings. The molecule has 1 aromatic heterocycles. The van der Waals surface area contributed by atoms with E-state index in [0.717, 1.165) is 0 Å². The Bertz CT molecular complexity index is 713. The van der Waals surface area contributed by atoms with E-state index in [-0.39, 0.29) is 6.61 Å². The first kappa shape index (κ1) is 17.3. The standard InChI is InChI=1S/C18H19NO5/c1-21-15-11-17(23-3)16(22-2)10-13(15)7-8-18(20)24-12-14-6-4-5-9-19-14/h4-11H,12H2,1-3H3/b8-7+. The fraction of sp³-hybridized carbons (Fsp3) is 0.222. The normalized spacial score (nSPS) is 10.5. The molecule has 0 aliphatic rings. The van der Waals surface area contributed by atoms with Crippen molar-refractivity contribution in [2.75, 3.05) is 21.3 Å². The monoisotopic (exact) mass is 329 g/mol. The van der Waals surface area contributed by atoms with E-state index in [0.29, 0.717) is 28.5 Å². The van der Waals surface area contributed by atoms with Crippen LogP contribution in [0.5, 0.6) is 17.2 Å². The molecular weight excluding hydrogens is 310 g/mol. The molecule has 0 N–H and O–H groups in total. The van der Waals surface area contributed by atoms with E-state index in [2.05, 4.69) is 4.98 Å². The first-order valence-electron chi connectivity index (χ1n) is 7.22. The number of carbonyl (C=O) groups excluding carboxylic acids is 1. The van der Waals surface area contributed by atoms with Gasteiger partial charge in [0.25, 0.3) is 0 Å². The van der Waals surface area contributed by atoms with Gasteiger partial charge in [-0.1, -0.05) is 6.07 Å². The molecule has 0 saturated heterocycles. The van der Waals surface area contributed by atoms with Crippen molar-refractivity contribution in [2.24, 2.45) is 0 Å². The number of pyridine rings is 1. The molecule has 0 saturated carbocycles. The van der Waals surface area contributed by atoms with Gasteiger partial charge in [0, 0.05) is 23.9 Å². The van der Waals surface area contributed by atoms with E-state index in [1.807, 2.05) is 6.07 Å². The average molecular weight is 329 g/mol. The maximum atomic E-state index is 11.8. The van der Waals surface area contributed by atoms with Crippen molar-refractivity contribution in [1.82, 2.24) is 4.98 Å². The first-order chi connectivity index (χ1) is 11.7. The van der Waals surface area contributed by atoms with Crippen molar-refractivity contribution in [2.45, 2.75) is 6.61 Å². The molecule has 6 heteroatoms. The Morgan fingerprint density at radius 3 is 2.38 bits per heavy atom. The van der Waals surface area contributed by atoms with Gasteiger partial charge in [-0.3, -0.25) is 4.98 Å². The second-order valence-electron chi connectivity index (χ2n) is 4.71. The molecule has 126 valence electrons. The summed E-state index contributed by atoms with van der Waals surface area (Å²) in [6, 6.07) is 8.83. The van der Waals surface area contributed by atoms with Crippen LogP contribution in [0.1, 0.15) is 11.3 Å². The zero-order chi connectivity index (χ0) is 17.4. The van der Waals surface area contributed by atoms with Gasteiger partial charge in [0.05, 0.1) is 27.0 Å². The summed E-state index contributed by atoms with van der Waals surface area (Å²) in [7, 11) is 4.62. The van der Waals surface area contributed by atoms with Gasteiger partial charge in [-0.2, -0.15) is 0 Å². The van der Waals surface area contributed by atoms with Crippen LogP contribution in [0.25, 0.3) is 6.08 Å². The van der Waals surface area contributed by atoms with Crippen LogP contribution in [0.3, 0.4) is 0 Å². The topological polar surface area (TPSA) is 66.9 Å². The summed E-state index contributed by atoms with van der Waals surface area (Å²) < 4.78 is 20.9. The molecule has 0 spiro atoms. The molecule has 0 unspecified atom stereocenters. The number of hydrogen-bond donors (Lipinski definition) is 0. The fourth-order valence-corrected chi connectivity index (χ4v) is 2.02. The smallest absolute Gasteiger partial charge is 0.331 e. The van der Waals surface area contributed by atoms with Gasteiger partial charge >= 0.3 is 5.97 Å². The van der Waals surface area contributed by atoms with Crippen LogP contribution in [0.15, 0.2) is 42.6 Å². The number of methoxy groups -OCH3 is 3. The maximum Gasteiger partial charge on any atom is 0.331 e. The third-order valence-corrected chi connectivity index (χ3v) is 3.22. The van der Waals surface area contributed by atoms with Crippen molar-refractivity contribution in [1.29, 1.82) is 0 Å². The van der Waals surface area contributed by atoms with Gasteiger partial charge in [-0.05, 0) is 24.3 Å². The molecule has 2 rings (SSSR count). The molecule has 0 amide bonds.